The highest BCUT2D eigenvalue weighted by molar-refractivity contribution is 7.72. The first-order chi connectivity index (χ1) is 16.9. The molecule has 35 heavy (non-hydrogen) atoms. The van der Waals surface area contributed by atoms with Crippen LogP contribution in [-0.4, -0.2) is 26.6 Å². The molecule has 8 nitrogen and oxygen atoms in total. The third-order valence-electron chi connectivity index (χ3n) is 5.61. The number of nitrogens with one attached hydrogen (secondary N) is 4. The summed E-state index contributed by atoms with van der Waals surface area (Å²) in [5, 5.41) is 7.94. The van der Waals surface area contributed by atoms with Crippen molar-refractivity contribution in [2.75, 3.05) is 10.3 Å². The number of H-pyrrole nitrogens is 2. The molecule has 4 N–H and O–H groups in total. The maximum atomic E-state index is 12.8. The van der Waals surface area contributed by atoms with Gasteiger partial charge in [-0.25, -0.2) is 4.68 Å². The van der Waals surface area contributed by atoms with Crippen LogP contribution in [0.3, 0.4) is 0 Å². The van der Waals surface area contributed by atoms with E-state index in [4.69, 9.17) is 36.0 Å². The fraction of sp³-hybridized carbons (Fsp3) is 0.0833. The van der Waals surface area contributed by atoms with Crippen molar-refractivity contribution in [3.63, 3.8) is 0 Å². The SMILES string of the molecule is O=C1CC(c2ccccc2)N(c2ccc(NC(=O)c3ccc(-n4[nH]c(=S)[nH]c4=S)c(Cl)c3)cc2)N1. The van der Waals surface area contributed by atoms with Gasteiger partial charge in [0.05, 0.1) is 28.9 Å². The quantitative estimate of drug-likeness (QED) is 0.260. The second-order valence-corrected chi connectivity index (χ2v) is 9.11. The number of hydrazine groups is 1. The van der Waals surface area contributed by atoms with Crippen molar-refractivity contribution in [1.82, 2.24) is 20.2 Å². The zero-order valence-corrected chi connectivity index (χ0v) is 20.5. The van der Waals surface area contributed by atoms with E-state index in [0.29, 0.717) is 37.9 Å². The summed E-state index contributed by atoms with van der Waals surface area (Å²) in [6, 6.07) is 21.9. The summed E-state index contributed by atoms with van der Waals surface area (Å²) in [5.41, 5.74) is 6.34. The lowest BCUT2D eigenvalue weighted by Gasteiger charge is -2.26. The Hall–Kier alpha value is -3.73. The van der Waals surface area contributed by atoms with Crippen molar-refractivity contribution >= 4 is 59.2 Å². The predicted molar refractivity (Wildman–Crippen MR) is 140 cm³/mol. The molecular formula is C24H19ClN6O2S2. The van der Waals surface area contributed by atoms with Crippen molar-refractivity contribution in [1.29, 1.82) is 0 Å². The molecule has 1 saturated heterocycles. The molecule has 1 unspecified atom stereocenters. The highest BCUT2D eigenvalue weighted by atomic mass is 35.5. The molecule has 3 aromatic carbocycles. The smallest absolute Gasteiger partial charge is 0.255 e. The Kier molecular flexibility index (Phi) is 6.25. The van der Waals surface area contributed by atoms with E-state index in [-0.39, 0.29) is 17.9 Å². The summed E-state index contributed by atoms with van der Waals surface area (Å²) in [5.74, 6) is -0.354. The van der Waals surface area contributed by atoms with E-state index in [2.05, 4.69) is 20.8 Å². The van der Waals surface area contributed by atoms with Crippen molar-refractivity contribution in [2.45, 2.75) is 12.5 Å². The monoisotopic (exact) mass is 522 g/mol. The molecule has 0 spiro atoms. The summed E-state index contributed by atoms with van der Waals surface area (Å²) < 4.78 is 2.29. The molecule has 1 fully saturated rings. The molecule has 0 saturated carbocycles. The van der Waals surface area contributed by atoms with E-state index in [9.17, 15) is 9.59 Å². The van der Waals surface area contributed by atoms with Crippen LogP contribution in [0.25, 0.3) is 5.69 Å². The van der Waals surface area contributed by atoms with Gasteiger partial charge in [0.1, 0.15) is 0 Å². The molecule has 1 aliphatic heterocycles. The van der Waals surface area contributed by atoms with Gasteiger partial charge in [-0.05, 0) is 72.5 Å². The lowest BCUT2D eigenvalue weighted by atomic mass is 10.0. The average molecular weight is 523 g/mol. The van der Waals surface area contributed by atoms with E-state index >= 15 is 0 Å². The zero-order chi connectivity index (χ0) is 24.5. The van der Waals surface area contributed by atoms with Crippen LogP contribution < -0.4 is 15.8 Å². The first-order valence-electron chi connectivity index (χ1n) is 10.7. The topological polar surface area (TPSA) is 97.9 Å². The van der Waals surface area contributed by atoms with Crippen LogP contribution in [0.1, 0.15) is 28.4 Å². The molecule has 1 aliphatic rings. The highest BCUT2D eigenvalue weighted by Gasteiger charge is 2.31. The van der Waals surface area contributed by atoms with E-state index in [1.54, 1.807) is 35.0 Å². The van der Waals surface area contributed by atoms with Crippen LogP contribution in [0.5, 0.6) is 0 Å². The molecule has 2 amide bonds. The lowest BCUT2D eigenvalue weighted by Crippen LogP contribution is -2.34. The van der Waals surface area contributed by atoms with Crippen molar-refractivity contribution in [2.24, 2.45) is 0 Å². The summed E-state index contributed by atoms with van der Waals surface area (Å²) in [6.45, 7) is 0. The number of benzene rings is 3. The average Bonchev–Trinajstić information content (AvgIpc) is 3.41. The summed E-state index contributed by atoms with van der Waals surface area (Å²) >= 11 is 16.7. The Bertz CT molecular complexity index is 1530. The Morgan fingerprint density at radius 2 is 1.77 bits per heavy atom. The summed E-state index contributed by atoms with van der Waals surface area (Å²) in [4.78, 5) is 27.7. The molecule has 11 heteroatoms. The number of anilines is 2. The van der Waals surface area contributed by atoms with E-state index in [1.807, 2.05) is 47.5 Å². The van der Waals surface area contributed by atoms with Gasteiger partial charge in [0.15, 0.2) is 9.54 Å². The van der Waals surface area contributed by atoms with Gasteiger partial charge in [-0.15, -0.1) is 0 Å². The number of carbonyl (C=O) groups is 2. The number of hydrogen-bond acceptors (Lipinski definition) is 5. The minimum atomic E-state index is -0.312. The summed E-state index contributed by atoms with van der Waals surface area (Å²) in [7, 11) is 0. The van der Waals surface area contributed by atoms with Crippen LogP contribution >= 0.6 is 36.0 Å². The zero-order valence-electron chi connectivity index (χ0n) is 18.1. The molecule has 0 radical (unpaired) electrons. The molecule has 2 heterocycles. The number of aromatic nitrogens is 3. The van der Waals surface area contributed by atoms with Gasteiger partial charge < -0.3 is 10.3 Å². The Morgan fingerprint density at radius 1 is 1.03 bits per heavy atom. The van der Waals surface area contributed by atoms with Gasteiger partial charge in [0, 0.05) is 11.3 Å². The van der Waals surface area contributed by atoms with Gasteiger partial charge in [0.25, 0.3) is 5.91 Å². The first kappa shape index (κ1) is 23.0. The molecular weight excluding hydrogens is 504 g/mol. The Morgan fingerprint density at radius 3 is 2.43 bits per heavy atom. The number of amides is 2. The van der Waals surface area contributed by atoms with Gasteiger partial charge in [-0.2, -0.15) is 0 Å². The number of nitrogens with zero attached hydrogens (tertiary/aromatic N) is 2. The highest BCUT2D eigenvalue weighted by Crippen LogP contribution is 2.32. The minimum absolute atomic E-state index is 0.0425. The maximum absolute atomic E-state index is 12.8. The largest absolute Gasteiger partial charge is 0.322 e. The van der Waals surface area contributed by atoms with Crippen molar-refractivity contribution in [3.8, 4) is 5.69 Å². The fourth-order valence-electron chi connectivity index (χ4n) is 3.95. The molecule has 1 atom stereocenters. The van der Waals surface area contributed by atoms with E-state index in [1.165, 1.54) is 0 Å². The minimum Gasteiger partial charge on any atom is -0.322 e. The van der Waals surface area contributed by atoms with Crippen molar-refractivity contribution in [3.05, 3.63) is 98.5 Å². The second kappa shape index (κ2) is 9.49. The van der Waals surface area contributed by atoms with Crippen LogP contribution in [0.15, 0.2) is 72.8 Å². The molecule has 0 bridgehead atoms. The molecule has 5 rings (SSSR count). The van der Waals surface area contributed by atoms with Gasteiger partial charge in [0.2, 0.25) is 5.91 Å². The number of rotatable bonds is 5. The standard InChI is InChI=1S/C24H19ClN6O2S2/c25-18-12-15(6-11-19(18)31-24(35)27-23(34)29-31)22(33)26-16-7-9-17(10-8-16)30-20(13-21(32)28-30)14-4-2-1-3-5-14/h1-12,20H,13H2,(H,26,33)(H,28,32)(H2,27,29,34,35). The maximum Gasteiger partial charge on any atom is 0.255 e. The van der Waals surface area contributed by atoms with Gasteiger partial charge in [-0.1, -0.05) is 41.9 Å². The van der Waals surface area contributed by atoms with Crippen LogP contribution in [0, 0.1) is 9.54 Å². The molecule has 0 aliphatic carbocycles. The summed E-state index contributed by atoms with van der Waals surface area (Å²) in [6.07, 6.45) is 0.374. The van der Waals surface area contributed by atoms with Crippen LogP contribution in [0.4, 0.5) is 11.4 Å². The molecule has 1 aromatic heterocycles. The van der Waals surface area contributed by atoms with Crippen LogP contribution in [-0.2, 0) is 4.79 Å². The Labute approximate surface area is 215 Å². The second-order valence-electron chi connectivity index (χ2n) is 7.91. The van der Waals surface area contributed by atoms with Gasteiger partial charge in [-0.3, -0.25) is 25.1 Å². The Balaban J connectivity index is 1.31. The third-order valence-corrected chi connectivity index (χ3v) is 6.39. The fourth-order valence-corrected chi connectivity index (χ4v) is 4.72. The van der Waals surface area contributed by atoms with Crippen LogP contribution in [0.2, 0.25) is 5.02 Å². The number of aromatic amines is 2. The number of carbonyl (C=O) groups excluding carboxylic acids is 2. The third kappa shape index (κ3) is 4.76. The predicted octanol–water partition coefficient (Wildman–Crippen LogP) is 5.48. The normalized spacial score (nSPS) is 15.2. The number of halogens is 1. The molecule has 4 aromatic rings. The van der Waals surface area contributed by atoms with Crippen molar-refractivity contribution < 1.29 is 9.59 Å². The van der Waals surface area contributed by atoms with Gasteiger partial charge >= 0.3 is 0 Å². The first-order valence-corrected chi connectivity index (χ1v) is 11.8. The number of hydrogen-bond donors (Lipinski definition) is 4. The van der Waals surface area contributed by atoms with E-state index < -0.39 is 0 Å². The van der Waals surface area contributed by atoms with E-state index in [0.717, 1.165) is 11.3 Å². The molecule has 176 valence electrons. The lowest BCUT2D eigenvalue weighted by molar-refractivity contribution is -0.119.